The molecule has 0 spiro atoms. The Kier molecular flexibility index (Phi) is 6.03. The molecule has 1 heterocycles. The third-order valence-corrected chi connectivity index (χ3v) is 4.11. The van der Waals surface area contributed by atoms with Crippen molar-refractivity contribution in [1.29, 1.82) is 0 Å². The fraction of sp³-hybridized carbons (Fsp3) is 0.647. The number of ether oxygens (including phenoxy) is 1. The number of likely N-dealkylation sites (tertiary alicyclic amines) is 1. The fourth-order valence-corrected chi connectivity index (χ4v) is 2.87. The minimum Gasteiger partial charge on any atom is -0.491 e. The number of nitrogens with zero attached hydrogens (tertiary/aromatic N) is 1. The first-order chi connectivity index (χ1) is 10.1. The minimum absolute atomic E-state index is 0.242. The Morgan fingerprint density at radius 1 is 1.38 bits per heavy atom. The van der Waals surface area contributed by atoms with Crippen LogP contribution in [0.5, 0.6) is 5.75 Å². The van der Waals surface area contributed by atoms with E-state index in [-0.39, 0.29) is 6.61 Å². The third-order valence-electron chi connectivity index (χ3n) is 4.11. The lowest BCUT2D eigenvalue weighted by atomic mass is 9.99. The lowest BCUT2D eigenvalue weighted by molar-refractivity contribution is 0.0430. The van der Waals surface area contributed by atoms with Gasteiger partial charge in [-0.25, -0.2) is 0 Å². The number of β-amino-alcohol motifs (C(OH)–C–C–N with tert-alkyl or cyclic N) is 1. The number of aryl methyl sites for hydroxylation is 2. The predicted octanol–water partition coefficient (Wildman–Crippen LogP) is 1.75. The molecule has 0 amide bonds. The highest BCUT2D eigenvalue weighted by molar-refractivity contribution is 5.35. The predicted molar refractivity (Wildman–Crippen MR) is 83.7 cm³/mol. The number of aliphatic hydroxyl groups is 2. The zero-order valence-electron chi connectivity index (χ0n) is 13.1. The maximum absolute atomic E-state index is 10.2. The maximum atomic E-state index is 10.2. The number of hydrogen-bond acceptors (Lipinski definition) is 4. The van der Waals surface area contributed by atoms with Crippen LogP contribution in [0.3, 0.4) is 0 Å². The van der Waals surface area contributed by atoms with Gasteiger partial charge in [-0.1, -0.05) is 12.1 Å². The van der Waals surface area contributed by atoms with Crippen molar-refractivity contribution < 1.29 is 14.9 Å². The van der Waals surface area contributed by atoms with E-state index in [1.165, 1.54) is 0 Å². The topological polar surface area (TPSA) is 52.9 Å². The van der Waals surface area contributed by atoms with Crippen LogP contribution < -0.4 is 4.74 Å². The van der Waals surface area contributed by atoms with Gasteiger partial charge in [0.05, 0.1) is 0 Å². The van der Waals surface area contributed by atoms with Gasteiger partial charge in [-0.05, 0) is 56.3 Å². The molecule has 0 aliphatic carbocycles. The van der Waals surface area contributed by atoms with Crippen LogP contribution in [-0.4, -0.2) is 54.1 Å². The van der Waals surface area contributed by atoms with Gasteiger partial charge in [-0.2, -0.15) is 0 Å². The van der Waals surface area contributed by atoms with Crippen molar-refractivity contribution in [2.75, 3.05) is 32.8 Å². The van der Waals surface area contributed by atoms with Crippen LogP contribution in [0.25, 0.3) is 0 Å². The molecule has 2 rings (SSSR count). The van der Waals surface area contributed by atoms with Crippen LogP contribution in [0.1, 0.15) is 24.0 Å². The molecule has 1 aliphatic heterocycles. The van der Waals surface area contributed by atoms with Crippen molar-refractivity contribution in [2.24, 2.45) is 5.92 Å². The lowest BCUT2D eigenvalue weighted by Crippen LogP contribution is -2.42. The largest absolute Gasteiger partial charge is 0.491 e. The van der Waals surface area contributed by atoms with E-state index >= 15 is 0 Å². The Morgan fingerprint density at radius 2 is 2.19 bits per heavy atom. The number of hydrogen-bond donors (Lipinski definition) is 2. The molecule has 1 aromatic rings. The van der Waals surface area contributed by atoms with Crippen molar-refractivity contribution in [3.8, 4) is 5.75 Å². The van der Waals surface area contributed by atoms with Crippen molar-refractivity contribution in [3.05, 3.63) is 29.3 Å². The molecule has 2 atom stereocenters. The van der Waals surface area contributed by atoms with Gasteiger partial charge in [-0.3, -0.25) is 0 Å². The van der Waals surface area contributed by atoms with E-state index in [4.69, 9.17) is 4.74 Å². The quantitative estimate of drug-likeness (QED) is 0.839. The van der Waals surface area contributed by atoms with E-state index in [0.29, 0.717) is 19.1 Å². The monoisotopic (exact) mass is 293 g/mol. The zero-order valence-corrected chi connectivity index (χ0v) is 13.1. The van der Waals surface area contributed by atoms with Crippen molar-refractivity contribution in [2.45, 2.75) is 32.8 Å². The molecule has 1 aliphatic rings. The molecule has 0 saturated carbocycles. The lowest BCUT2D eigenvalue weighted by Gasteiger charge is -2.33. The van der Waals surface area contributed by atoms with E-state index in [9.17, 15) is 10.2 Å². The Hall–Kier alpha value is -1.10. The minimum atomic E-state index is -0.498. The number of rotatable bonds is 6. The average molecular weight is 293 g/mol. The highest BCUT2D eigenvalue weighted by Crippen LogP contribution is 2.20. The molecule has 1 fully saturated rings. The van der Waals surface area contributed by atoms with E-state index in [0.717, 1.165) is 42.8 Å². The highest BCUT2D eigenvalue weighted by atomic mass is 16.5. The maximum Gasteiger partial charge on any atom is 0.122 e. The van der Waals surface area contributed by atoms with E-state index in [1.54, 1.807) is 0 Å². The van der Waals surface area contributed by atoms with Gasteiger partial charge in [-0.15, -0.1) is 0 Å². The number of benzene rings is 1. The molecule has 1 aromatic carbocycles. The molecule has 4 heteroatoms. The second-order valence-electron chi connectivity index (χ2n) is 6.18. The van der Waals surface area contributed by atoms with Gasteiger partial charge in [0.1, 0.15) is 18.5 Å². The molecule has 0 aromatic heterocycles. The van der Waals surface area contributed by atoms with Crippen LogP contribution in [-0.2, 0) is 0 Å². The van der Waals surface area contributed by atoms with Crippen LogP contribution in [0.2, 0.25) is 0 Å². The first-order valence-electron chi connectivity index (χ1n) is 7.80. The first-order valence-corrected chi connectivity index (χ1v) is 7.80. The van der Waals surface area contributed by atoms with E-state index < -0.39 is 6.10 Å². The van der Waals surface area contributed by atoms with Gasteiger partial charge < -0.3 is 19.8 Å². The summed E-state index contributed by atoms with van der Waals surface area (Å²) in [5.41, 5.74) is 2.25. The van der Waals surface area contributed by atoms with E-state index in [2.05, 4.69) is 11.0 Å². The Bertz CT molecular complexity index is 450. The summed E-state index contributed by atoms with van der Waals surface area (Å²) >= 11 is 0. The van der Waals surface area contributed by atoms with Gasteiger partial charge >= 0.3 is 0 Å². The van der Waals surface area contributed by atoms with E-state index in [1.807, 2.05) is 26.0 Å². The SMILES string of the molecule is Cc1ccc(C)c(OCC(O)CN2CCCC(CO)C2)c1. The first kappa shape index (κ1) is 16.3. The summed E-state index contributed by atoms with van der Waals surface area (Å²) < 4.78 is 5.75. The molecule has 1 saturated heterocycles. The Balaban J connectivity index is 1.79. The van der Waals surface area contributed by atoms with Crippen LogP contribution in [0.15, 0.2) is 18.2 Å². The fourth-order valence-electron chi connectivity index (χ4n) is 2.87. The van der Waals surface area contributed by atoms with Crippen LogP contribution >= 0.6 is 0 Å². The number of aliphatic hydroxyl groups excluding tert-OH is 2. The number of piperidine rings is 1. The second kappa shape index (κ2) is 7.78. The van der Waals surface area contributed by atoms with Crippen LogP contribution in [0.4, 0.5) is 0 Å². The smallest absolute Gasteiger partial charge is 0.122 e. The summed E-state index contributed by atoms with van der Waals surface area (Å²) in [6.07, 6.45) is 1.68. The Labute approximate surface area is 127 Å². The normalized spacial score (nSPS) is 21.2. The van der Waals surface area contributed by atoms with Gasteiger partial charge in [0.2, 0.25) is 0 Å². The summed E-state index contributed by atoms with van der Waals surface area (Å²) in [6, 6.07) is 6.10. The van der Waals surface area contributed by atoms with Gasteiger partial charge in [0, 0.05) is 19.7 Å². The molecule has 4 nitrogen and oxygen atoms in total. The summed E-state index contributed by atoms with van der Waals surface area (Å²) in [4.78, 5) is 2.22. The summed E-state index contributed by atoms with van der Waals surface area (Å²) in [6.45, 7) is 7.08. The summed E-state index contributed by atoms with van der Waals surface area (Å²) in [7, 11) is 0. The van der Waals surface area contributed by atoms with Crippen molar-refractivity contribution in [1.82, 2.24) is 4.90 Å². The summed E-state index contributed by atoms with van der Waals surface area (Å²) in [5.74, 6) is 1.20. The highest BCUT2D eigenvalue weighted by Gasteiger charge is 2.21. The van der Waals surface area contributed by atoms with Crippen molar-refractivity contribution in [3.63, 3.8) is 0 Å². The average Bonchev–Trinajstić information content (AvgIpc) is 2.48. The molecule has 2 N–H and O–H groups in total. The third kappa shape index (κ3) is 4.99. The molecular weight excluding hydrogens is 266 g/mol. The van der Waals surface area contributed by atoms with Crippen molar-refractivity contribution >= 4 is 0 Å². The molecule has 0 radical (unpaired) electrons. The molecular formula is C17H27NO3. The molecule has 0 bridgehead atoms. The molecule has 2 unspecified atom stereocenters. The van der Waals surface area contributed by atoms with Gasteiger partial charge in [0.15, 0.2) is 0 Å². The van der Waals surface area contributed by atoms with Crippen LogP contribution in [0, 0.1) is 19.8 Å². The summed E-state index contributed by atoms with van der Waals surface area (Å²) in [5, 5.41) is 19.4. The van der Waals surface area contributed by atoms with Gasteiger partial charge in [0.25, 0.3) is 0 Å². The molecule has 21 heavy (non-hydrogen) atoms. The Morgan fingerprint density at radius 3 is 2.95 bits per heavy atom. The zero-order chi connectivity index (χ0) is 15.2. The standard InChI is InChI=1S/C17H27NO3/c1-13-5-6-14(2)17(8-13)21-12-16(20)10-18-7-3-4-15(9-18)11-19/h5-6,8,15-16,19-20H,3-4,7,9-12H2,1-2H3. The second-order valence-corrected chi connectivity index (χ2v) is 6.18. The molecule has 118 valence electrons.